The highest BCUT2D eigenvalue weighted by Crippen LogP contribution is 2.31. The maximum absolute atomic E-state index is 5.80. The first-order valence-electron chi connectivity index (χ1n) is 4.87. The number of guanidine groups is 1. The van der Waals surface area contributed by atoms with Gasteiger partial charge in [0.15, 0.2) is 5.96 Å². The Bertz CT molecular complexity index is 196. The molecule has 0 radical (unpaired) electrons. The van der Waals surface area contributed by atoms with Gasteiger partial charge in [0, 0.05) is 6.54 Å². The molecule has 0 amide bonds. The fraction of sp³-hybridized carbons (Fsp3) is 0.889. The summed E-state index contributed by atoms with van der Waals surface area (Å²) in [6.45, 7) is 4.27. The molecule has 1 unspecified atom stereocenters. The van der Waals surface area contributed by atoms with Crippen molar-refractivity contribution in [2.45, 2.75) is 32.2 Å². The predicted molar refractivity (Wildman–Crippen MR) is 50.0 cm³/mol. The van der Waals surface area contributed by atoms with Gasteiger partial charge >= 0.3 is 0 Å². The number of hydrogen-bond acceptors (Lipinski definition) is 3. The molecule has 1 saturated carbocycles. The summed E-state index contributed by atoms with van der Waals surface area (Å²) < 4.78 is 0. The van der Waals surface area contributed by atoms with Gasteiger partial charge in [-0.1, -0.05) is 6.92 Å². The van der Waals surface area contributed by atoms with Crippen LogP contribution in [0.1, 0.15) is 26.2 Å². The first-order chi connectivity index (χ1) is 5.81. The molecule has 0 aromatic rings. The van der Waals surface area contributed by atoms with Crippen LogP contribution in [0.25, 0.3) is 0 Å². The molecule has 3 nitrogen and oxygen atoms in total. The number of aliphatic imine (C=N–C) groups is 1. The van der Waals surface area contributed by atoms with Gasteiger partial charge in [0.25, 0.3) is 0 Å². The number of nitrogens with zero attached hydrogens (tertiary/aromatic N) is 2. The van der Waals surface area contributed by atoms with Crippen LogP contribution in [0, 0.1) is 5.92 Å². The lowest BCUT2D eigenvalue weighted by Gasteiger charge is -2.24. The van der Waals surface area contributed by atoms with Crippen LogP contribution in [0.5, 0.6) is 0 Å². The van der Waals surface area contributed by atoms with Crippen LogP contribution in [0.4, 0.5) is 0 Å². The molecule has 2 rings (SSSR count). The van der Waals surface area contributed by atoms with Crippen LogP contribution in [-0.4, -0.2) is 30.0 Å². The lowest BCUT2D eigenvalue weighted by molar-refractivity contribution is 0.320. The van der Waals surface area contributed by atoms with E-state index >= 15 is 0 Å². The Balaban J connectivity index is 1.93. The molecule has 2 N–H and O–H groups in total. The van der Waals surface area contributed by atoms with E-state index in [0.717, 1.165) is 31.4 Å². The fourth-order valence-corrected chi connectivity index (χ4v) is 1.75. The summed E-state index contributed by atoms with van der Waals surface area (Å²) in [4.78, 5) is 6.56. The lowest BCUT2D eigenvalue weighted by atomic mass is 10.2. The van der Waals surface area contributed by atoms with Crippen molar-refractivity contribution in [2.75, 3.05) is 13.1 Å². The fourth-order valence-electron chi connectivity index (χ4n) is 1.75. The molecule has 1 aliphatic carbocycles. The van der Waals surface area contributed by atoms with E-state index < -0.39 is 0 Å². The highest BCUT2D eigenvalue weighted by atomic mass is 15.3. The molecule has 12 heavy (non-hydrogen) atoms. The molecule has 1 aliphatic heterocycles. The standard InChI is InChI=1S/C9H17N3/c1-2-8-5-11-9(10)12(8)6-7-3-4-7/h7-8H,2-6H2,1H3,(H2,10,11). The maximum atomic E-state index is 5.80. The zero-order valence-corrected chi connectivity index (χ0v) is 7.66. The molecular formula is C9H17N3. The minimum absolute atomic E-state index is 0.589. The number of hydrogen-bond donors (Lipinski definition) is 1. The average molecular weight is 167 g/mol. The van der Waals surface area contributed by atoms with E-state index in [1.54, 1.807) is 0 Å². The first kappa shape index (κ1) is 7.90. The Kier molecular flexibility index (Phi) is 1.95. The van der Waals surface area contributed by atoms with Gasteiger partial charge in [0.2, 0.25) is 0 Å². The van der Waals surface area contributed by atoms with Gasteiger partial charge in [0.1, 0.15) is 0 Å². The van der Waals surface area contributed by atoms with Gasteiger partial charge in [-0.25, -0.2) is 0 Å². The van der Waals surface area contributed by atoms with Crippen LogP contribution < -0.4 is 5.73 Å². The largest absolute Gasteiger partial charge is 0.370 e. The van der Waals surface area contributed by atoms with Crippen molar-refractivity contribution in [2.24, 2.45) is 16.6 Å². The molecular weight excluding hydrogens is 150 g/mol. The third-order valence-electron chi connectivity index (χ3n) is 2.82. The van der Waals surface area contributed by atoms with Gasteiger partial charge in [-0.2, -0.15) is 0 Å². The van der Waals surface area contributed by atoms with Crippen molar-refractivity contribution < 1.29 is 0 Å². The summed E-state index contributed by atoms with van der Waals surface area (Å²) in [6, 6.07) is 0.589. The SMILES string of the molecule is CCC1CN=C(N)N1CC1CC1. The second kappa shape index (κ2) is 2.96. The molecule has 0 bridgehead atoms. The highest BCUT2D eigenvalue weighted by Gasteiger charge is 2.31. The molecule has 68 valence electrons. The summed E-state index contributed by atoms with van der Waals surface area (Å²) in [5.41, 5.74) is 5.80. The second-order valence-corrected chi connectivity index (χ2v) is 3.86. The number of nitrogens with two attached hydrogens (primary N) is 1. The Hall–Kier alpha value is -0.730. The molecule has 1 fully saturated rings. The van der Waals surface area contributed by atoms with Gasteiger partial charge in [-0.05, 0) is 25.2 Å². The average Bonchev–Trinajstić information content (AvgIpc) is 2.80. The van der Waals surface area contributed by atoms with E-state index in [1.807, 2.05) is 0 Å². The summed E-state index contributed by atoms with van der Waals surface area (Å²) in [5.74, 6) is 1.68. The minimum Gasteiger partial charge on any atom is -0.370 e. The van der Waals surface area contributed by atoms with Crippen LogP contribution in [0.2, 0.25) is 0 Å². The summed E-state index contributed by atoms with van der Waals surface area (Å²) >= 11 is 0. The van der Waals surface area contributed by atoms with Crippen LogP contribution in [0.15, 0.2) is 4.99 Å². The Morgan fingerprint density at radius 3 is 2.92 bits per heavy atom. The quantitative estimate of drug-likeness (QED) is 0.675. The molecule has 3 heteroatoms. The number of rotatable bonds is 3. The van der Waals surface area contributed by atoms with Crippen molar-refractivity contribution in [1.29, 1.82) is 0 Å². The molecule has 2 aliphatic rings. The molecule has 1 atom stereocenters. The van der Waals surface area contributed by atoms with E-state index in [-0.39, 0.29) is 0 Å². The molecule has 0 spiro atoms. The zero-order valence-electron chi connectivity index (χ0n) is 7.66. The summed E-state index contributed by atoms with van der Waals surface area (Å²) in [5, 5.41) is 0. The van der Waals surface area contributed by atoms with Crippen molar-refractivity contribution in [3.05, 3.63) is 0 Å². The van der Waals surface area contributed by atoms with Crippen LogP contribution in [0.3, 0.4) is 0 Å². The Labute approximate surface area is 73.6 Å². The molecule has 0 aromatic heterocycles. The molecule has 0 aromatic carbocycles. The van der Waals surface area contributed by atoms with Crippen LogP contribution in [-0.2, 0) is 0 Å². The van der Waals surface area contributed by atoms with Gasteiger partial charge in [-0.3, -0.25) is 4.99 Å². The monoisotopic (exact) mass is 167 g/mol. The van der Waals surface area contributed by atoms with Gasteiger partial charge in [-0.15, -0.1) is 0 Å². The van der Waals surface area contributed by atoms with Crippen molar-refractivity contribution in [3.8, 4) is 0 Å². The van der Waals surface area contributed by atoms with Crippen molar-refractivity contribution in [3.63, 3.8) is 0 Å². The summed E-state index contributed by atoms with van der Waals surface area (Å²) in [7, 11) is 0. The lowest BCUT2D eigenvalue weighted by Crippen LogP contribution is -2.41. The zero-order chi connectivity index (χ0) is 8.55. The topological polar surface area (TPSA) is 41.6 Å². The van der Waals surface area contributed by atoms with Crippen molar-refractivity contribution in [1.82, 2.24) is 4.90 Å². The van der Waals surface area contributed by atoms with E-state index in [1.165, 1.54) is 12.8 Å². The normalized spacial score (nSPS) is 29.2. The molecule has 0 saturated heterocycles. The smallest absolute Gasteiger partial charge is 0.191 e. The van der Waals surface area contributed by atoms with E-state index in [2.05, 4.69) is 16.8 Å². The maximum Gasteiger partial charge on any atom is 0.191 e. The van der Waals surface area contributed by atoms with Crippen molar-refractivity contribution >= 4 is 5.96 Å². The van der Waals surface area contributed by atoms with E-state index in [9.17, 15) is 0 Å². The summed E-state index contributed by atoms with van der Waals surface area (Å²) in [6.07, 6.45) is 3.94. The van der Waals surface area contributed by atoms with E-state index in [4.69, 9.17) is 5.73 Å². The molecule has 1 heterocycles. The van der Waals surface area contributed by atoms with E-state index in [0.29, 0.717) is 6.04 Å². The Morgan fingerprint density at radius 2 is 2.33 bits per heavy atom. The van der Waals surface area contributed by atoms with Crippen LogP contribution >= 0.6 is 0 Å². The predicted octanol–water partition coefficient (Wildman–Crippen LogP) is 0.805. The van der Waals surface area contributed by atoms with Gasteiger partial charge < -0.3 is 10.6 Å². The third-order valence-corrected chi connectivity index (χ3v) is 2.82. The highest BCUT2D eigenvalue weighted by molar-refractivity contribution is 5.80. The van der Waals surface area contributed by atoms with Gasteiger partial charge in [0.05, 0.1) is 12.6 Å². The minimum atomic E-state index is 0.589. The Morgan fingerprint density at radius 1 is 1.58 bits per heavy atom. The first-order valence-corrected chi connectivity index (χ1v) is 4.87. The second-order valence-electron chi connectivity index (χ2n) is 3.86. The third kappa shape index (κ3) is 1.40.